The van der Waals surface area contributed by atoms with Crippen molar-refractivity contribution in [3.63, 3.8) is 0 Å². The monoisotopic (exact) mass is 615 g/mol. The van der Waals surface area contributed by atoms with Gasteiger partial charge in [0.05, 0.1) is 12.2 Å². The van der Waals surface area contributed by atoms with Crippen molar-refractivity contribution >= 4 is 44.4 Å². The molecule has 2 saturated heterocycles. The zero-order valence-corrected chi connectivity index (χ0v) is 26.7. The van der Waals surface area contributed by atoms with Crippen LogP contribution in [0.3, 0.4) is 0 Å². The molecule has 0 aliphatic carbocycles. The lowest BCUT2D eigenvalue weighted by molar-refractivity contribution is -0.128. The molecule has 5 rings (SSSR count). The van der Waals surface area contributed by atoms with Gasteiger partial charge in [0.25, 0.3) is 0 Å². The Labute approximate surface area is 262 Å². The number of hydrogen-bond donors (Lipinski definition) is 0. The highest BCUT2D eigenvalue weighted by Crippen LogP contribution is 2.35. The normalized spacial score (nSPS) is 20.2. The van der Waals surface area contributed by atoms with Gasteiger partial charge < -0.3 is 29.2 Å². The van der Waals surface area contributed by atoms with Crippen molar-refractivity contribution in [2.45, 2.75) is 51.7 Å². The Kier molecular flexibility index (Phi) is 11.5. The molecule has 0 N–H and O–H groups in total. The summed E-state index contributed by atoms with van der Waals surface area (Å²) in [5.74, 6) is 0.448. The maximum atomic E-state index is 14.5. The summed E-state index contributed by atoms with van der Waals surface area (Å²) < 4.78 is 20.8. The first kappa shape index (κ1) is 33.5. The first-order valence-electron chi connectivity index (χ1n) is 14.0. The van der Waals surface area contributed by atoms with E-state index in [0.717, 1.165) is 47.7 Å². The predicted octanol–water partition coefficient (Wildman–Crippen LogP) is 3.62. The maximum absolute atomic E-state index is 14.5. The first-order chi connectivity index (χ1) is 19.3. The Morgan fingerprint density at radius 2 is 1.95 bits per heavy atom. The number of nitrogens with zero attached hydrogens (tertiary/aromatic N) is 7. The van der Waals surface area contributed by atoms with E-state index in [1.54, 1.807) is 4.90 Å². The number of carbonyl (C=O) groups is 1. The van der Waals surface area contributed by atoms with Crippen molar-refractivity contribution in [2.24, 2.45) is 0 Å². The number of aromatic nitrogens is 2. The van der Waals surface area contributed by atoms with E-state index in [1.807, 2.05) is 19.9 Å². The van der Waals surface area contributed by atoms with Crippen molar-refractivity contribution in [3.05, 3.63) is 64.4 Å². The summed E-state index contributed by atoms with van der Waals surface area (Å²) in [6.45, 7) is 19.5. The third-order valence-corrected chi connectivity index (χ3v) is 8.52. The SMILES string of the molecule is S.S.[C-]#[N+]C[C@H]1CN(c2nc(OC[C@@H]3CCCN3C)nc3c2CCN(c2c(C)ccc(F)c2C)C3)CCN1C(=O)C=C. The van der Waals surface area contributed by atoms with Gasteiger partial charge in [0.1, 0.15) is 24.3 Å². The first-order valence-corrected chi connectivity index (χ1v) is 14.0. The van der Waals surface area contributed by atoms with E-state index < -0.39 is 0 Å². The van der Waals surface area contributed by atoms with Gasteiger partial charge in [-0.05, 0) is 64.4 Å². The summed E-state index contributed by atoms with van der Waals surface area (Å²) in [5, 5.41) is 0. The van der Waals surface area contributed by atoms with Gasteiger partial charge in [-0.3, -0.25) is 4.79 Å². The minimum atomic E-state index is -0.253. The van der Waals surface area contributed by atoms with Crippen LogP contribution in [0.15, 0.2) is 24.8 Å². The third kappa shape index (κ3) is 6.79. The largest absolute Gasteiger partial charge is 0.462 e. The Balaban J connectivity index is 0.00000242. The summed E-state index contributed by atoms with van der Waals surface area (Å²) in [7, 11) is 2.11. The van der Waals surface area contributed by atoms with Crippen LogP contribution in [0.4, 0.5) is 15.9 Å². The van der Waals surface area contributed by atoms with Crippen LogP contribution >= 0.6 is 27.0 Å². The van der Waals surface area contributed by atoms with Crippen LogP contribution in [0.2, 0.25) is 0 Å². The number of benzene rings is 1. The lowest BCUT2D eigenvalue weighted by Crippen LogP contribution is -2.56. The average Bonchev–Trinajstić information content (AvgIpc) is 3.37. The quantitative estimate of drug-likeness (QED) is 0.348. The molecular formula is C30H42FN7O2S2. The third-order valence-electron chi connectivity index (χ3n) is 8.52. The molecule has 3 aliphatic rings. The van der Waals surface area contributed by atoms with Crippen LogP contribution in [0.1, 0.15) is 35.2 Å². The van der Waals surface area contributed by atoms with Crippen LogP contribution in [-0.2, 0) is 17.8 Å². The van der Waals surface area contributed by atoms with Crippen molar-refractivity contribution in [2.75, 3.05) is 62.7 Å². The van der Waals surface area contributed by atoms with E-state index in [9.17, 15) is 9.18 Å². The van der Waals surface area contributed by atoms with Gasteiger partial charge in [-0.2, -0.15) is 37.0 Å². The summed E-state index contributed by atoms with van der Waals surface area (Å²) in [5.41, 5.74) is 4.51. The van der Waals surface area contributed by atoms with Crippen LogP contribution in [0.5, 0.6) is 6.01 Å². The molecule has 3 aliphatic heterocycles. The van der Waals surface area contributed by atoms with Crippen LogP contribution in [-0.4, -0.2) is 90.7 Å². The second-order valence-electron chi connectivity index (χ2n) is 11.0. The Hall–Kier alpha value is -3.01. The highest BCUT2D eigenvalue weighted by molar-refractivity contribution is 7.59. The number of carbonyl (C=O) groups excluding carboxylic acids is 1. The van der Waals surface area contributed by atoms with Crippen LogP contribution in [0.25, 0.3) is 4.85 Å². The molecule has 1 aromatic carbocycles. The number of fused-ring (bicyclic) bond motifs is 1. The molecule has 4 heterocycles. The van der Waals surface area contributed by atoms with Gasteiger partial charge in [-0.1, -0.05) is 12.6 Å². The molecule has 0 bridgehead atoms. The van der Waals surface area contributed by atoms with Gasteiger partial charge in [0, 0.05) is 49.0 Å². The number of halogens is 1. The summed E-state index contributed by atoms with van der Waals surface area (Å²) >= 11 is 0. The summed E-state index contributed by atoms with van der Waals surface area (Å²) in [6, 6.07) is 3.77. The van der Waals surface area contributed by atoms with E-state index in [0.29, 0.717) is 63.4 Å². The molecule has 0 unspecified atom stereocenters. The smallest absolute Gasteiger partial charge is 0.318 e. The lowest BCUT2D eigenvalue weighted by Gasteiger charge is -2.41. The summed E-state index contributed by atoms with van der Waals surface area (Å²) in [6.07, 6.45) is 4.25. The number of hydrogen-bond acceptors (Lipinski definition) is 7. The molecule has 2 fully saturated rings. The molecule has 2 atom stereocenters. The second kappa shape index (κ2) is 14.4. The Morgan fingerprint density at radius 3 is 2.64 bits per heavy atom. The van der Waals surface area contributed by atoms with E-state index in [2.05, 4.69) is 33.2 Å². The van der Waals surface area contributed by atoms with E-state index in [4.69, 9.17) is 21.3 Å². The highest BCUT2D eigenvalue weighted by atomic mass is 32.1. The number of anilines is 2. The van der Waals surface area contributed by atoms with Crippen LogP contribution < -0.4 is 14.5 Å². The molecule has 42 heavy (non-hydrogen) atoms. The van der Waals surface area contributed by atoms with Gasteiger partial charge in [-0.15, -0.1) is 0 Å². The number of piperazine rings is 1. The Bertz CT molecular complexity index is 1340. The fourth-order valence-electron chi connectivity index (χ4n) is 6.28. The molecule has 1 amide bonds. The molecule has 12 heteroatoms. The number of likely N-dealkylation sites (tertiary alicyclic amines) is 1. The average molecular weight is 616 g/mol. The number of aryl methyl sites for hydroxylation is 1. The van der Waals surface area contributed by atoms with Crippen molar-refractivity contribution < 1.29 is 13.9 Å². The van der Waals surface area contributed by atoms with Crippen LogP contribution in [0, 0.1) is 26.2 Å². The minimum absolute atomic E-state index is 0. The number of ether oxygens (including phenoxy) is 1. The molecule has 0 radical (unpaired) electrons. The second-order valence-corrected chi connectivity index (χ2v) is 11.0. The number of likely N-dealkylation sites (N-methyl/N-ethyl adjacent to an activating group) is 1. The molecular weight excluding hydrogens is 574 g/mol. The molecule has 1 aromatic heterocycles. The number of rotatable bonds is 7. The van der Waals surface area contributed by atoms with Crippen molar-refractivity contribution in [1.82, 2.24) is 19.8 Å². The standard InChI is InChI=1S/C30H38FN7O2.2H2S/c1-6-27(39)38-15-14-37(17-23(38)16-32-4)29-24-11-13-36(28-20(2)9-10-25(31)21(28)3)18-26(24)33-30(34-29)40-19-22-8-7-12-35(22)5;;/h6,9-10,22-23H,1,7-8,11-19H2,2-3,5H3;2*1H2/t22-,23-;;/m0../s1. The van der Waals surface area contributed by atoms with E-state index in [1.165, 1.54) is 12.1 Å². The molecule has 0 saturated carbocycles. The molecule has 2 aromatic rings. The molecule has 228 valence electrons. The van der Waals surface area contributed by atoms with E-state index >= 15 is 0 Å². The maximum Gasteiger partial charge on any atom is 0.318 e. The van der Waals surface area contributed by atoms with Gasteiger partial charge in [0.15, 0.2) is 0 Å². The van der Waals surface area contributed by atoms with E-state index in [-0.39, 0.29) is 51.3 Å². The topological polar surface area (TPSA) is 69.4 Å². The Morgan fingerprint density at radius 1 is 1.17 bits per heavy atom. The highest BCUT2D eigenvalue weighted by Gasteiger charge is 2.35. The fraction of sp³-hybridized carbons (Fsp3) is 0.533. The van der Waals surface area contributed by atoms with Crippen molar-refractivity contribution in [3.8, 4) is 6.01 Å². The summed E-state index contributed by atoms with van der Waals surface area (Å²) in [4.78, 5) is 34.3. The predicted molar refractivity (Wildman–Crippen MR) is 174 cm³/mol. The minimum Gasteiger partial charge on any atom is -0.462 e. The molecule has 9 nitrogen and oxygen atoms in total. The van der Waals surface area contributed by atoms with Gasteiger partial charge >= 0.3 is 6.01 Å². The lowest BCUT2D eigenvalue weighted by atomic mass is 10.0. The van der Waals surface area contributed by atoms with Gasteiger partial charge in [-0.25, -0.2) is 11.0 Å². The zero-order valence-electron chi connectivity index (χ0n) is 24.7. The van der Waals surface area contributed by atoms with Crippen molar-refractivity contribution in [1.29, 1.82) is 0 Å². The fourth-order valence-corrected chi connectivity index (χ4v) is 6.28. The molecule has 0 spiro atoms. The zero-order chi connectivity index (χ0) is 28.4. The number of amides is 1. The van der Waals surface area contributed by atoms with Gasteiger partial charge in [0.2, 0.25) is 12.5 Å².